The van der Waals surface area contributed by atoms with E-state index in [1.807, 2.05) is 12.2 Å². The van der Waals surface area contributed by atoms with Crippen molar-refractivity contribution in [1.82, 2.24) is 5.32 Å². The van der Waals surface area contributed by atoms with Gasteiger partial charge < -0.3 is 14.8 Å². The molecule has 1 N–H and O–H groups in total. The molecule has 124 valence electrons. The summed E-state index contributed by atoms with van der Waals surface area (Å²) in [6.07, 6.45) is 11.2. The number of allylic oxidation sites excluding steroid dienone is 4. The molecular formula is C18H23NO4. The van der Waals surface area contributed by atoms with E-state index in [9.17, 15) is 9.59 Å². The molecule has 0 aliphatic carbocycles. The lowest BCUT2D eigenvalue weighted by Gasteiger charge is -2.02. The molecule has 0 aromatic carbocycles. The van der Waals surface area contributed by atoms with Gasteiger partial charge in [-0.1, -0.05) is 0 Å². The van der Waals surface area contributed by atoms with Crippen molar-refractivity contribution in [3.05, 3.63) is 47.0 Å². The maximum atomic E-state index is 11.2. The second kappa shape index (κ2) is 8.48. The fourth-order valence-corrected chi connectivity index (χ4v) is 2.25. The van der Waals surface area contributed by atoms with E-state index in [1.54, 1.807) is 26.0 Å². The van der Waals surface area contributed by atoms with Crippen LogP contribution in [0.2, 0.25) is 0 Å². The normalized spacial score (nSPS) is 20.8. The Labute approximate surface area is 136 Å². The molecule has 0 amide bonds. The predicted molar refractivity (Wildman–Crippen MR) is 87.2 cm³/mol. The average molecular weight is 317 g/mol. The van der Waals surface area contributed by atoms with E-state index in [-0.39, 0.29) is 11.9 Å². The van der Waals surface area contributed by atoms with Gasteiger partial charge in [-0.25, -0.2) is 9.59 Å². The summed E-state index contributed by atoms with van der Waals surface area (Å²) >= 11 is 0. The maximum absolute atomic E-state index is 11.2. The highest BCUT2D eigenvalue weighted by Crippen LogP contribution is 2.17. The smallest absolute Gasteiger partial charge is 0.339 e. The highest BCUT2D eigenvalue weighted by Gasteiger charge is 2.16. The van der Waals surface area contributed by atoms with E-state index >= 15 is 0 Å². The number of cyclic esters (lactones) is 2. The molecule has 0 aromatic heterocycles. The van der Waals surface area contributed by atoms with Crippen LogP contribution < -0.4 is 5.32 Å². The van der Waals surface area contributed by atoms with Crippen molar-refractivity contribution in [1.29, 1.82) is 0 Å². The zero-order valence-electron chi connectivity index (χ0n) is 13.7. The molecule has 23 heavy (non-hydrogen) atoms. The Kier molecular flexibility index (Phi) is 6.35. The maximum Gasteiger partial charge on any atom is 0.339 e. The lowest BCUT2D eigenvalue weighted by molar-refractivity contribution is -0.134. The van der Waals surface area contributed by atoms with E-state index in [1.165, 1.54) is 0 Å². The minimum atomic E-state index is -0.249. The van der Waals surface area contributed by atoms with Gasteiger partial charge in [0.25, 0.3) is 0 Å². The van der Waals surface area contributed by atoms with Crippen molar-refractivity contribution < 1.29 is 19.1 Å². The molecule has 0 spiro atoms. The number of esters is 2. The van der Waals surface area contributed by atoms with E-state index in [4.69, 9.17) is 9.47 Å². The quantitative estimate of drug-likeness (QED) is 0.551. The number of hydrogen-bond donors (Lipinski definition) is 1. The lowest BCUT2D eigenvalue weighted by Crippen LogP contribution is -2.16. The summed E-state index contributed by atoms with van der Waals surface area (Å²) in [7, 11) is 0. The van der Waals surface area contributed by atoms with E-state index in [2.05, 4.69) is 5.32 Å². The molecule has 0 radical (unpaired) electrons. The van der Waals surface area contributed by atoms with Gasteiger partial charge in [0.05, 0.1) is 0 Å². The Bertz CT molecular complexity index is 544. The van der Waals surface area contributed by atoms with Crippen LogP contribution in [0.25, 0.3) is 0 Å². The van der Waals surface area contributed by atoms with Crippen LogP contribution in [0.1, 0.15) is 39.5 Å². The molecular weight excluding hydrogens is 294 g/mol. The number of rotatable bonds is 8. The number of hydrogen-bond acceptors (Lipinski definition) is 5. The Morgan fingerprint density at radius 1 is 0.870 bits per heavy atom. The van der Waals surface area contributed by atoms with Gasteiger partial charge in [0.1, 0.15) is 11.5 Å². The van der Waals surface area contributed by atoms with E-state index in [0.29, 0.717) is 22.7 Å². The fraction of sp³-hybridized carbons (Fsp3) is 0.444. The zero-order chi connectivity index (χ0) is 16.7. The molecule has 0 saturated heterocycles. The SMILES string of the molecule is CC1=C/C(=C\CCCNCCC/C=C2\C=C(C)C(=O)O2)OC1=O. The first-order valence-corrected chi connectivity index (χ1v) is 7.98. The Balaban J connectivity index is 1.49. The van der Waals surface area contributed by atoms with Crippen LogP contribution in [0.5, 0.6) is 0 Å². The molecule has 0 unspecified atom stereocenters. The van der Waals surface area contributed by atoms with Gasteiger partial charge in [0.2, 0.25) is 0 Å². The first-order valence-electron chi connectivity index (χ1n) is 7.98. The molecule has 0 atom stereocenters. The molecule has 2 rings (SSSR count). The average Bonchev–Trinajstić information content (AvgIpc) is 2.99. The van der Waals surface area contributed by atoms with Crippen LogP contribution in [-0.4, -0.2) is 25.0 Å². The summed E-state index contributed by atoms with van der Waals surface area (Å²) in [6, 6.07) is 0. The highest BCUT2D eigenvalue weighted by atomic mass is 16.5. The summed E-state index contributed by atoms with van der Waals surface area (Å²) in [5.74, 6) is 0.824. The Morgan fingerprint density at radius 3 is 1.65 bits per heavy atom. The number of carbonyl (C=O) groups excluding carboxylic acids is 2. The molecule has 0 fully saturated rings. The molecule has 0 saturated carbocycles. The topological polar surface area (TPSA) is 64.6 Å². The first-order chi connectivity index (χ1) is 11.1. The third kappa shape index (κ3) is 5.53. The second-order valence-corrected chi connectivity index (χ2v) is 5.68. The third-order valence-corrected chi connectivity index (χ3v) is 3.59. The predicted octanol–water partition coefficient (Wildman–Crippen LogP) is 2.91. The molecule has 2 aliphatic heterocycles. The molecule has 5 nitrogen and oxygen atoms in total. The summed E-state index contributed by atoms with van der Waals surface area (Å²) < 4.78 is 10.1. The minimum Gasteiger partial charge on any atom is -0.424 e. The largest absolute Gasteiger partial charge is 0.424 e. The Hall–Kier alpha value is -2.14. The summed E-state index contributed by atoms with van der Waals surface area (Å²) in [6.45, 7) is 5.35. The van der Waals surface area contributed by atoms with Crippen LogP contribution in [0, 0.1) is 0 Å². The minimum absolute atomic E-state index is 0.249. The van der Waals surface area contributed by atoms with Crippen molar-refractivity contribution in [2.24, 2.45) is 0 Å². The van der Waals surface area contributed by atoms with Gasteiger partial charge in [-0.05, 0) is 76.9 Å². The molecule has 0 aromatic rings. The molecule has 2 aliphatic rings. The number of nitrogens with one attached hydrogen (secondary N) is 1. The lowest BCUT2D eigenvalue weighted by atomic mass is 10.2. The van der Waals surface area contributed by atoms with Crippen LogP contribution >= 0.6 is 0 Å². The van der Waals surface area contributed by atoms with Crippen LogP contribution in [0.15, 0.2) is 47.0 Å². The number of unbranched alkanes of at least 4 members (excludes halogenated alkanes) is 2. The van der Waals surface area contributed by atoms with Crippen LogP contribution in [0.3, 0.4) is 0 Å². The van der Waals surface area contributed by atoms with Gasteiger partial charge >= 0.3 is 11.9 Å². The molecule has 2 heterocycles. The fourth-order valence-electron chi connectivity index (χ4n) is 2.25. The standard InChI is InChI=1S/C18H23NO4/c1-13-11-15(22-17(13)20)7-3-5-9-19-10-6-4-8-16-12-14(2)18(21)23-16/h7-8,11-12,19H,3-6,9-10H2,1-2H3/b15-7+,16-8+. The highest BCUT2D eigenvalue weighted by molar-refractivity contribution is 5.92. The number of carbonyl (C=O) groups is 2. The Morgan fingerprint density at radius 2 is 1.30 bits per heavy atom. The van der Waals surface area contributed by atoms with Crippen molar-refractivity contribution in [3.63, 3.8) is 0 Å². The van der Waals surface area contributed by atoms with E-state index < -0.39 is 0 Å². The summed E-state index contributed by atoms with van der Waals surface area (Å²) in [5, 5.41) is 3.37. The van der Waals surface area contributed by atoms with Crippen molar-refractivity contribution in [3.8, 4) is 0 Å². The van der Waals surface area contributed by atoms with Gasteiger partial charge in [0.15, 0.2) is 0 Å². The monoisotopic (exact) mass is 317 g/mol. The number of ether oxygens (including phenoxy) is 2. The zero-order valence-corrected chi connectivity index (χ0v) is 13.7. The van der Waals surface area contributed by atoms with Gasteiger partial charge in [-0.2, -0.15) is 0 Å². The van der Waals surface area contributed by atoms with E-state index in [0.717, 1.165) is 38.8 Å². The second-order valence-electron chi connectivity index (χ2n) is 5.68. The van der Waals surface area contributed by atoms with Crippen molar-refractivity contribution in [2.45, 2.75) is 39.5 Å². The third-order valence-electron chi connectivity index (χ3n) is 3.59. The summed E-state index contributed by atoms with van der Waals surface area (Å²) in [4.78, 5) is 22.3. The first kappa shape index (κ1) is 17.2. The van der Waals surface area contributed by atoms with Crippen LogP contribution in [-0.2, 0) is 19.1 Å². The summed E-state index contributed by atoms with van der Waals surface area (Å²) in [5.41, 5.74) is 1.31. The molecule has 0 bridgehead atoms. The van der Waals surface area contributed by atoms with Gasteiger partial charge in [-0.15, -0.1) is 0 Å². The van der Waals surface area contributed by atoms with Crippen molar-refractivity contribution in [2.75, 3.05) is 13.1 Å². The van der Waals surface area contributed by atoms with Crippen molar-refractivity contribution >= 4 is 11.9 Å². The van der Waals surface area contributed by atoms with Gasteiger partial charge in [0, 0.05) is 11.1 Å². The van der Waals surface area contributed by atoms with Crippen LogP contribution in [0.4, 0.5) is 0 Å². The molecule has 5 heteroatoms. The van der Waals surface area contributed by atoms with Gasteiger partial charge in [-0.3, -0.25) is 0 Å².